The molecule has 2 fully saturated rings. The van der Waals surface area contributed by atoms with Crippen LogP contribution in [0.5, 0.6) is 0 Å². The van der Waals surface area contributed by atoms with Crippen molar-refractivity contribution in [2.75, 3.05) is 51.4 Å². The number of anilines is 1. The van der Waals surface area contributed by atoms with E-state index in [1.807, 2.05) is 0 Å². The van der Waals surface area contributed by atoms with E-state index in [0.29, 0.717) is 32.4 Å². The summed E-state index contributed by atoms with van der Waals surface area (Å²) in [5.74, 6) is 0.826. The van der Waals surface area contributed by atoms with E-state index in [4.69, 9.17) is 9.47 Å². The van der Waals surface area contributed by atoms with Crippen LogP contribution in [0.2, 0.25) is 0 Å². The third-order valence-corrected chi connectivity index (χ3v) is 4.86. The number of nitrogens with one attached hydrogen (secondary N) is 2. The van der Waals surface area contributed by atoms with Crippen molar-refractivity contribution in [3.05, 3.63) is 28.7 Å². The van der Waals surface area contributed by atoms with Crippen LogP contribution in [0.1, 0.15) is 6.42 Å². The standard InChI is InChI=1S/C17H25BrN4O2/c1-19-17(20-10-16-12-23-8-9-24-16)21-14-6-7-22(11-14)15-4-2-13(18)3-5-15/h2-5,14,16H,6-12H2,1H3,(H2,19,20,21). The van der Waals surface area contributed by atoms with E-state index >= 15 is 0 Å². The second-order valence-corrected chi connectivity index (χ2v) is 6.99. The van der Waals surface area contributed by atoms with E-state index in [9.17, 15) is 0 Å². The molecule has 2 atom stereocenters. The van der Waals surface area contributed by atoms with Crippen LogP contribution in [0.4, 0.5) is 5.69 Å². The van der Waals surface area contributed by atoms with Gasteiger partial charge in [0.15, 0.2) is 5.96 Å². The molecule has 7 heteroatoms. The number of rotatable bonds is 4. The summed E-state index contributed by atoms with van der Waals surface area (Å²) in [5, 5.41) is 6.85. The number of benzene rings is 1. The summed E-state index contributed by atoms with van der Waals surface area (Å²) in [7, 11) is 1.80. The topological polar surface area (TPSA) is 58.1 Å². The van der Waals surface area contributed by atoms with Crippen molar-refractivity contribution in [3.63, 3.8) is 0 Å². The molecule has 0 amide bonds. The lowest BCUT2D eigenvalue weighted by molar-refractivity contribution is -0.0850. The van der Waals surface area contributed by atoms with Gasteiger partial charge in [-0.15, -0.1) is 0 Å². The zero-order valence-electron chi connectivity index (χ0n) is 14.0. The van der Waals surface area contributed by atoms with Gasteiger partial charge in [-0.05, 0) is 30.7 Å². The summed E-state index contributed by atoms with van der Waals surface area (Å²) in [6, 6.07) is 8.87. The Morgan fingerprint density at radius 1 is 1.33 bits per heavy atom. The van der Waals surface area contributed by atoms with Crippen molar-refractivity contribution in [1.82, 2.24) is 10.6 Å². The zero-order valence-corrected chi connectivity index (χ0v) is 15.6. The zero-order chi connectivity index (χ0) is 16.8. The van der Waals surface area contributed by atoms with E-state index in [1.165, 1.54) is 5.69 Å². The summed E-state index contributed by atoms with van der Waals surface area (Å²) in [5.41, 5.74) is 1.26. The van der Waals surface area contributed by atoms with Gasteiger partial charge in [-0.2, -0.15) is 0 Å². The average Bonchev–Trinajstić information content (AvgIpc) is 3.08. The van der Waals surface area contributed by atoms with Crippen LogP contribution in [-0.2, 0) is 9.47 Å². The maximum atomic E-state index is 5.65. The van der Waals surface area contributed by atoms with Gasteiger partial charge in [0.2, 0.25) is 0 Å². The fourth-order valence-corrected chi connectivity index (χ4v) is 3.28. The molecule has 24 heavy (non-hydrogen) atoms. The molecule has 1 aromatic rings. The Hall–Kier alpha value is -1.31. The van der Waals surface area contributed by atoms with Crippen LogP contribution in [-0.4, -0.2) is 64.6 Å². The molecule has 0 aliphatic carbocycles. The van der Waals surface area contributed by atoms with E-state index in [0.717, 1.165) is 29.9 Å². The van der Waals surface area contributed by atoms with E-state index in [-0.39, 0.29) is 6.10 Å². The summed E-state index contributed by atoms with van der Waals surface area (Å²) in [6.45, 7) is 4.75. The first-order valence-corrected chi connectivity index (χ1v) is 9.21. The van der Waals surface area contributed by atoms with E-state index in [1.54, 1.807) is 7.05 Å². The predicted octanol–water partition coefficient (Wildman–Crippen LogP) is 1.61. The molecule has 1 aromatic carbocycles. The summed E-state index contributed by atoms with van der Waals surface area (Å²) < 4.78 is 12.2. The highest BCUT2D eigenvalue weighted by Crippen LogP contribution is 2.22. The van der Waals surface area contributed by atoms with Crippen molar-refractivity contribution in [2.24, 2.45) is 4.99 Å². The molecule has 2 unspecified atom stereocenters. The molecule has 2 N–H and O–H groups in total. The normalized spacial score (nSPS) is 24.9. The summed E-state index contributed by atoms with van der Waals surface area (Å²) in [6.07, 6.45) is 1.19. The largest absolute Gasteiger partial charge is 0.376 e. The minimum Gasteiger partial charge on any atom is -0.376 e. The molecule has 0 spiro atoms. The number of ether oxygens (including phenoxy) is 2. The fourth-order valence-electron chi connectivity index (χ4n) is 3.02. The van der Waals surface area contributed by atoms with Crippen LogP contribution < -0.4 is 15.5 Å². The predicted molar refractivity (Wildman–Crippen MR) is 99.8 cm³/mol. The SMILES string of the molecule is CN=C(NCC1COCCO1)NC1CCN(c2ccc(Br)cc2)C1. The van der Waals surface area contributed by atoms with Gasteiger partial charge in [0, 0.05) is 42.9 Å². The number of hydrogen-bond donors (Lipinski definition) is 2. The van der Waals surface area contributed by atoms with Gasteiger partial charge in [-0.25, -0.2) is 0 Å². The van der Waals surface area contributed by atoms with Gasteiger partial charge in [0.25, 0.3) is 0 Å². The monoisotopic (exact) mass is 396 g/mol. The molecule has 2 heterocycles. The molecule has 3 rings (SSSR count). The van der Waals surface area contributed by atoms with E-state index < -0.39 is 0 Å². The molecule has 0 aromatic heterocycles. The highest BCUT2D eigenvalue weighted by Gasteiger charge is 2.24. The van der Waals surface area contributed by atoms with Gasteiger partial charge in [0.1, 0.15) is 0 Å². The quantitative estimate of drug-likeness (QED) is 0.597. The minimum absolute atomic E-state index is 0.0974. The summed E-state index contributed by atoms with van der Waals surface area (Å²) in [4.78, 5) is 6.72. The van der Waals surface area contributed by atoms with Gasteiger partial charge in [0.05, 0.1) is 25.9 Å². The first-order valence-electron chi connectivity index (χ1n) is 8.41. The number of hydrogen-bond acceptors (Lipinski definition) is 4. The molecule has 0 saturated carbocycles. The first-order chi connectivity index (χ1) is 11.7. The lowest BCUT2D eigenvalue weighted by Gasteiger charge is -2.25. The molecular formula is C17H25BrN4O2. The van der Waals surface area contributed by atoms with Gasteiger partial charge < -0.3 is 25.0 Å². The van der Waals surface area contributed by atoms with Crippen molar-refractivity contribution in [1.29, 1.82) is 0 Å². The average molecular weight is 397 g/mol. The van der Waals surface area contributed by atoms with Crippen LogP contribution in [0.15, 0.2) is 33.7 Å². The summed E-state index contributed by atoms with van der Waals surface area (Å²) >= 11 is 3.48. The molecule has 0 radical (unpaired) electrons. The Labute approximate surface area is 151 Å². The van der Waals surface area contributed by atoms with Crippen LogP contribution in [0.3, 0.4) is 0 Å². The molecule has 0 bridgehead atoms. The van der Waals surface area contributed by atoms with Crippen molar-refractivity contribution in [2.45, 2.75) is 18.6 Å². The second-order valence-electron chi connectivity index (χ2n) is 6.07. The number of guanidine groups is 1. The number of halogens is 1. The minimum atomic E-state index is 0.0974. The number of aliphatic imine (C=N–C) groups is 1. The lowest BCUT2D eigenvalue weighted by Crippen LogP contribution is -2.48. The van der Waals surface area contributed by atoms with Gasteiger partial charge in [-0.1, -0.05) is 15.9 Å². The highest BCUT2D eigenvalue weighted by atomic mass is 79.9. The number of nitrogens with zero attached hydrogens (tertiary/aromatic N) is 2. The van der Waals surface area contributed by atoms with Crippen LogP contribution >= 0.6 is 15.9 Å². The van der Waals surface area contributed by atoms with E-state index in [2.05, 4.69) is 60.7 Å². The molecule has 2 saturated heterocycles. The third kappa shape index (κ3) is 4.84. The Morgan fingerprint density at radius 3 is 2.88 bits per heavy atom. The highest BCUT2D eigenvalue weighted by molar-refractivity contribution is 9.10. The maximum absolute atomic E-state index is 5.65. The fraction of sp³-hybridized carbons (Fsp3) is 0.588. The first kappa shape index (κ1) is 17.5. The van der Waals surface area contributed by atoms with Crippen LogP contribution in [0, 0.1) is 0 Å². The van der Waals surface area contributed by atoms with Crippen molar-refractivity contribution < 1.29 is 9.47 Å². The molecule has 132 valence electrons. The molecular weight excluding hydrogens is 372 g/mol. The Balaban J connectivity index is 1.45. The van der Waals surface area contributed by atoms with Crippen molar-refractivity contribution >= 4 is 27.6 Å². The second kappa shape index (κ2) is 8.69. The van der Waals surface area contributed by atoms with Crippen molar-refractivity contribution in [3.8, 4) is 0 Å². The smallest absolute Gasteiger partial charge is 0.191 e. The van der Waals surface area contributed by atoms with Crippen LogP contribution in [0.25, 0.3) is 0 Å². The third-order valence-electron chi connectivity index (χ3n) is 4.33. The Bertz CT molecular complexity index is 546. The Kier molecular flexibility index (Phi) is 6.34. The maximum Gasteiger partial charge on any atom is 0.191 e. The lowest BCUT2D eigenvalue weighted by atomic mass is 10.2. The van der Waals surface area contributed by atoms with Gasteiger partial charge in [-0.3, -0.25) is 4.99 Å². The molecule has 2 aliphatic rings. The van der Waals surface area contributed by atoms with Gasteiger partial charge >= 0.3 is 0 Å². The molecule has 2 aliphatic heterocycles. The molecule has 6 nitrogen and oxygen atoms in total. The Morgan fingerprint density at radius 2 is 2.17 bits per heavy atom.